The van der Waals surface area contributed by atoms with Crippen LogP contribution in [0.15, 0.2) is 27.9 Å². The number of nitro benzene ring substituents is 1. The molecule has 3 N–H and O–H groups in total. The van der Waals surface area contributed by atoms with Crippen LogP contribution < -0.4 is 11.3 Å². The van der Waals surface area contributed by atoms with Gasteiger partial charge in [0.05, 0.1) is 4.92 Å². The Hall–Kier alpha value is -1.64. The largest absolute Gasteiger partial charge is 0.318 e. The van der Waals surface area contributed by atoms with Crippen molar-refractivity contribution in [2.45, 2.75) is 17.0 Å². The number of benzene rings is 1. The quantitative estimate of drug-likeness (QED) is 0.381. The molecule has 0 aliphatic heterocycles. The second-order valence-corrected chi connectivity index (χ2v) is 5.88. The van der Waals surface area contributed by atoms with Gasteiger partial charge in [-0.3, -0.25) is 16.0 Å². The van der Waals surface area contributed by atoms with E-state index in [1.807, 2.05) is 12.3 Å². The summed E-state index contributed by atoms with van der Waals surface area (Å²) in [5, 5.41) is 12.8. The number of nitro groups is 1. The highest BCUT2D eigenvalue weighted by molar-refractivity contribution is 8.00. The van der Waals surface area contributed by atoms with E-state index in [-0.39, 0.29) is 5.69 Å². The van der Waals surface area contributed by atoms with E-state index >= 15 is 0 Å². The minimum atomic E-state index is -0.462. The molecular weight excluding hydrogens is 284 g/mol. The molecule has 19 heavy (non-hydrogen) atoms. The van der Waals surface area contributed by atoms with Gasteiger partial charge in [-0.25, -0.2) is 4.98 Å². The predicted octanol–water partition coefficient (Wildman–Crippen LogP) is 2.94. The molecule has 0 amide bonds. The van der Waals surface area contributed by atoms with E-state index in [1.165, 1.54) is 6.07 Å². The van der Waals surface area contributed by atoms with Gasteiger partial charge < -0.3 is 5.43 Å². The molecule has 0 radical (unpaired) electrons. The zero-order chi connectivity index (χ0) is 13.8. The van der Waals surface area contributed by atoms with Crippen molar-refractivity contribution in [3.8, 4) is 0 Å². The van der Waals surface area contributed by atoms with Crippen LogP contribution in [0.1, 0.15) is 11.3 Å². The van der Waals surface area contributed by atoms with Crippen molar-refractivity contribution in [3.05, 3.63) is 45.0 Å². The highest BCUT2D eigenvalue weighted by Gasteiger charge is 2.13. The number of aromatic nitrogens is 1. The number of nitrogens with zero attached hydrogens (tertiary/aromatic N) is 2. The number of hydrazine groups is 1. The van der Waals surface area contributed by atoms with Gasteiger partial charge in [-0.1, -0.05) is 17.8 Å². The summed E-state index contributed by atoms with van der Waals surface area (Å²) in [7, 11) is 0. The Morgan fingerprint density at radius 3 is 2.95 bits per heavy atom. The third-order valence-corrected chi connectivity index (χ3v) is 4.58. The third-order valence-electron chi connectivity index (χ3n) is 2.37. The first-order valence-corrected chi connectivity index (χ1v) is 7.25. The summed E-state index contributed by atoms with van der Waals surface area (Å²) >= 11 is 3.19. The maximum Gasteiger partial charge on any atom is 0.293 e. The first kappa shape index (κ1) is 13.8. The fourth-order valence-corrected chi connectivity index (χ4v) is 3.28. The second kappa shape index (κ2) is 6.00. The molecule has 2 rings (SSSR count). The summed E-state index contributed by atoms with van der Waals surface area (Å²) in [6.45, 7) is 1.95. The molecule has 0 unspecified atom stereocenters. The van der Waals surface area contributed by atoms with E-state index < -0.39 is 4.92 Å². The smallest absolute Gasteiger partial charge is 0.293 e. The maximum atomic E-state index is 10.8. The van der Waals surface area contributed by atoms with Crippen molar-refractivity contribution in [2.75, 3.05) is 5.43 Å². The minimum Gasteiger partial charge on any atom is -0.318 e. The maximum absolute atomic E-state index is 10.8. The van der Waals surface area contributed by atoms with Crippen LogP contribution >= 0.6 is 23.1 Å². The number of hydrogen-bond acceptors (Lipinski definition) is 7. The first-order chi connectivity index (χ1) is 9.10. The molecule has 0 saturated carbocycles. The van der Waals surface area contributed by atoms with Crippen molar-refractivity contribution in [3.63, 3.8) is 0 Å². The summed E-state index contributed by atoms with van der Waals surface area (Å²) in [6.07, 6.45) is 0. The molecule has 0 bridgehead atoms. The second-order valence-electron chi connectivity index (χ2n) is 3.80. The SMILES string of the molecule is Cc1csc(SCc2ccc([N+](=O)[O-])c(NN)c2)n1. The lowest BCUT2D eigenvalue weighted by Crippen LogP contribution is -2.09. The van der Waals surface area contributed by atoms with Crippen molar-refractivity contribution in [2.24, 2.45) is 5.84 Å². The van der Waals surface area contributed by atoms with Crippen molar-refractivity contribution in [1.29, 1.82) is 0 Å². The van der Waals surface area contributed by atoms with E-state index in [0.29, 0.717) is 11.4 Å². The summed E-state index contributed by atoms with van der Waals surface area (Å²) in [5.74, 6) is 5.99. The van der Waals surface area contributed by atoms with Crippen LogP contribution in [0.3, 0.4) is 0 Å². The van der Waals surface area contributed by atoms with Crippen molar-refractivity contribution < 1.29 is 4.92 Å². The highest BCUT2D eigenvalue weighted by Crippen LogP contribution is 2.30. The number of thiazole rings is 1. The predicted molar refractivity (Wildman–Crippen MR) is 77.3 cm³/mol. The van der Waals surface area contributed by atoms with Gasteiger partial charge in [-0.05, 0) is 18.6 Å². The van der Waals surface area contributed by atoms with Gasteiger partial charge in [0.1, 0.15) is 10.0 Å². The zero-order valence-electron chi connectivity index (χ0n) is 10.1. The van der Waals surface area contributed by atoms with E-state index in [9.17, 15) is 10.1 Å². The number of rotatable bonds is 5. The topological polar surface area (TPSA) is 94.1 Å². The van der Waals surface area contributed by atoms with Crippen LogP contribution in [-0.2, 0) is 5.75 Å². The molecule has 0 atom stereocenters. The van der Waals surface area contributed by atoms with E-state index in [4.69, 9.17) is 5.84 Å². The average Bonchev–Trinajstić information content (AvgIpc) is 2.81. The van der Waals surface area contributed by atoms with Gasteiger partial charge in [0.15, 0.2) is 0 Å². The Balaban J connectivity index is 2.11. The van der Waals surface area contributed by atoms with Gasteiger partial charge in [0, 0.05) is 22.9 Å². The fourth-order valence-electron chi connectivity index (χ4n) is 1.49. The summed E-state index contributed by atoms with van der Waals surface area (Å²) < 4.78 is 0.984. The molecule has 100 valence electrons. The third kappa shape index (κ3) is 3.43. The Kier molecular flexibility index (Phi) is 4.35. The van der Waals surface area contributed by atoms with Gasteiger partial charge in [-0.2, -0.15) is 0 Å². The Labute approximate surface area is 118 Å². The van der Waals surface area contributed by atoms with Crippen LogP contribution in [-0.4, -0.2) is 9.91 Å². The molecule has 8 heteroatoms. The number of thioether (sulfide) groups is 1. The van der Waals surface area contributed by atoms with Crippen LogP contribution in [0.4, 0.5) is 11.4 Å². The normalized spacial score (nSPS) is 10.4. The monoisotopic (exact) mass is 296 g/mol. The lowest BCUT2D eigenvalue weighted by atomic mass is 10.2. The van der Waals surface area contributed by atoms with Crippen LogP contribution in [0.5, 0.6) is 0 Å². The van der Waals surface area contributed by atoms with Crippen molar-refractivity contribution >= 4 is 34.5 Å². The van der Waals surface area contributed by atoms with Crippen molar-refractivity contribution in [1.82, 2.24) is 4.98 Å². The molecule has 2 aromatic rings. The number of nitrogens with two attached hydrogens (primary N) is 1. The molecule has 0 fully saturated rings. The minimum absolute atomic E-state index is 0.0265. The lowest BCUT2D eigenvalue weighted by molar-refractivity contribution is -0.384. The van der Waals surface area contributed by atoms with Gasteiger partial charge >= 0.3 is 0 Å². The molecule has 0 spiro atoms. The van der Waals surface area contributed by atoms with Gasteiger partial charge in [-0.15, -0.1) is 11.3 Å². The van der Waals surface area contributed by atoms with E-state index in [2.05, 4.69) is 10.4 Å². The first-order valence-electron chi connectivity index (χ1n) is 5.39. The molecule has 1 aromatic carbocycles. The molecule has 0 aliphatic rings. The average molecular weight is 296 g/mol. The van der Waals surface area contributed by atoms with Crippen LogP contribution in [0, 0.1) is 17.0 Å². The molecule has 0 saturated heterocycles. The Bertz CT molecular complexity index is 600. The number of hydrogen-bond donors (Lipinski definition) is 2. The van der Waals surface area contributed by atoms with E-state index in [1.54, 1.807) is 35.2 Å². The molecule has 0 aliphatic carbocycles. The summed E-state index contributed by atoms with van der Waals surface area (Å²) in [4.78, 5) is 14.7. The summed E-state index contributed by atoms with van der Waals surface area (Å²) in [5.41, 5.74) is 4.60. The van der Waals surface area contributed by atoms with Crippen LogP contribution in [0.2, 0.25) is 0 Å². The Morgan fingerprint density at radius 2 is 2.37 bits per heavy atom. The molecule has 1 aromatic heterocycles. The number of nitrogen functional groups attached to an aromatic ring is 1. The number of aryl methyl sites for hydroxylation is 1. The number of anilines is 1. The number of nitrogens with one attached hydrogen (secondary N) is 1. The van der Waals surface area contributed by atoms with Gasteiger partial charge in [0.2, 0.25) is 0 Å². The zero-order valence-corrected chi connectivity index (χ0v) is 11.8. The van der Waals surface area contributed by atoms with Gasteiger partial charge in [0.25, 0.3) is 5.69 Å². The lowest BCUT2D eigenvalue weighted by Gasteiger charge is -2.04. The molecule has 1 heterocycles. The molecule has 6 nitrogen and oxygen atoms in total. The fraction of sp³-hybridized carbons (Fsp3) is 0.182. The standard InChI is InChI=1S/C11H12N4O2S2/c1-7-5-18-11(13-7)19-6-8-2-3-10(15(16)17)9(4-8)14-12/h2-5,14H,6,12H2,1H3. The summed E-state index contributed by atoms with van der Waals surface area (Å²) in [6, 6.07) is 4.87. The molecular formula is C11H12N4O2S2. The highest BCUT2D eigenvalue weighted by atomic mass is 32.2. The van der Waals surface area contributed by atoms with E-state index in [0.717, 1.165) is 15.6 Å². The Morgan fingerprint density at radius 1 is 1.58 bits per heavy atom. The van der Waals surface area contributed by atoms with Crippen LogP contribution in [0.25, 0.3) is 0 Å².